The number of benzene rings is 1. The maximum Gasteiger partial charge on any atom is 0.409 e. The smallest absolute Gasteiger partial charge is 0.409 e. The highest BCUT2D eigenvalue weighted by Gasteiger charge is 2.23. The fourth-order valence-electron chi connectivity index (χ4n) is 2.93. The fourth-order valence-corrected chi connectivity index (χ4v) is 2.93. The van der Waals surface area contributed by atoms with Gasteiger partial charge in [0.1, 0.15) is 5.75 Å². The van der Waals surface area contributed by atoms with Crippen LogP contribution in [0.1, 0.15) is 19.4 Å². The Hall–Kier alpha value is -2.44. The predicted octanol–water partition coefficient (Wildman–Crippen LogP) is 1.98. The molecule has 2 rings (SSSR count). The molecular weight excluding hydrogens is 332 g/mol. The summed E-state index contributed by atoms with van der Waals surface area (Å²) in [6, 6.07) is 8.03. The Kier molecular flexibility index (Phi) is 8.05. The van der Waals surface area contributed by atoms with Crippen LogP contribution in [-0.2, 0) is 11.2 Å². The second-order valence-electron chi connectivity index (χ2n) is 5.97. The molecule has 0 radical (unpaired) electrons. The first-order valence-electron chi connectivity index (χ1n) is 9.26. The van der Waals surface area contributed by atoms with Gasteiger partial charge in [-0.15, -0.1) is 0 Å². The number of amides is 1. The first kappa shape index (κ1) is 19.9. The molecule has 7 nitrogen and oxygen atoms in total. The molecule has 1 saturated heterocycles. The molecule has 0 saturated carbocycles. The van der Waals surface area contributed by atoms with Gasteiger partial charge in [-0.25, -0.2) is 4.79 Å². The van der Waals surface area contributed by atoms with Crippen LogP contribution in [0.5, 0.6) is 5.75 Å². The van der Waals surface area contributed by atoms with Gasteiger partial charge in [-0.05, 0) is 31.9 Å². The van der Waals surface area contributed by atoms with Gasteiger partial charge in [0.2, 0.25) is 0 Å². The standard InChI is InChI=1S/C19H30N4O3/c1-4-20-18(21-11-10-16-8-6-7-9-17(16)25-3)22-12-14-23(15-13-22)19(24)26-5-2/h6-9H,4-5,10-15H2,1-3H3,(H,20,21). The summed E-state index contributed by atoms with van der Waals surface area (Å²) in [4.78, 5) is 20.5. The van der Waals surface area contributed by atoms with Crippen LogP contribution < -0.4 is 10.1 Å². The number of hydrogen-bond acceptors (Lipinski definition) is 4. The lowest BCUT2D eigenvalue weighted by atomic mass is 10.1. The van der Waals surface area contributed by atoms with Gasteiger partial charge >= 0.3 is 6.09 Å². The summed E-state index contributed by atoms with van der Waals surface area (Å²) >= 11 is 0. The van der Waals surface area contributed by atoms with Gasteiger partial charge in [-0.3, -0.25) is 4.99 Å². The van der Waals surface area contributed by atoms with Crippen molar-refractivity contribution in [2.45, 2.75) is 20.3 Å². The third-order valence-electron chi connectivity index (χ3n) is 4.28. The van der Waals surface area contributed by atoms with Gasteiger partial charge in [0, 0.05) is 39.3 Å². The molecule has 1 aromatic rings. The molecule has 0 aliphatic carbocycles. The van der Waals surface area contributed by atoms with Crippen molar-refractivity contribution in [3.8, 4) is 5.75 Å². The SMILES string of the molecule is CCNC(=NCCc1ccccc1OC)N1CCN(C(=O)OCC)CC1. The van der Waals surface area contributed by atoms with Gasteiger partial charge in [-0.2, -0.15) is 0 Å². The van der Waals surface area contributed by atoms with Crippen molar-refractivity contribution in [2.24, 2.45) is 4.99 Å². The molecule has 0 spiro atoms. The zero-order chi connectivity index (χ0) is 18.8. The van der Waals surface area contributed by atoms with Crippen LogP contribution in [0.4, 0.5) is 4.79 Å². The number of carbonyl (C=O) groups excluding carboxylic acids is 1. The number of aliphatic imine (C=N–C) groups is 1. The highest BCUT2D eigenvalue weighted by atomic mass is 16.6. The van der Waals surface area contributed by atoms with Crippen LogP contribution in [0, 0.1) is 0 Å². The summed E-state index contributed by atoms with van der Waals surface area (Å²) in [6.45, 7) is 8.58. The molecule has 0 unspecified atom stereocenters. The molecule has 0 bridgehead atoms. The Labute approximate surface area is 156 Å². The second-order valence-corrected chi connectivity index (χ2v) is 5.97. The fraction of sp³-hybridized carbons (Fsp3) is 0.579. The number of carbonyl (C=O) groups is 1. The Morgan fingerprint density at radius 1 is 1.15 bits per heavy atom. The van der Waals surface area contributed by atoms with Crippen molar-refractivity contribution in [1.82, 2.24) is 15.1 Å². The lowest BCUT2D eigenvalue weighted by Crippen LogP contribution is -2.54. The average molecular weight is 362 g/mol. The maximum atomic E-state index is 11.8. The number of ether oxygens (including phenoxy) is 2. The average Bonchev–Trinajstić information content (AvgIpc) is 2.68. The van der Waals surface area contributed by atoms with Crippen LogP contribution >= 0.6 is 0 Å². The van der Waals surface area contributed by atoms with Crippen LogP contribution in [0.15, 0.2) is 29.3 Å². The molecule has 0 aromatic heterocycles. The second kappa shape index (κ2) is 10.5. The lowest BCUT2D eigenvalue weighted by Gasteiger charge is -2.35. The third-order valence-corrected chi connectivity index (χ3v) is 4.28. The summed E-state index contributed by atoms with van der Waals surface area (Å²) in [7, 11) is 1.69. The number of hydrogen-bond donors (Lipinski definition) is 1. The highest BCUT2D eigenvalue weighted by molar-refractivity contribution is 5.80. The summed E-state index contributed by atoms with van der Waals surface area (Å²) in [5.74, 6) is 1.79. The first-order valence-corrected chi connectivity index (χ1v) is 9.26. The molecular formula is C19H30N4O3. The maximum absolute atomic E-state index is 11.8. The van der Waals surface area contributed by atoms with Crippen LogP contribution in [0.2, 0.25) is 0 Å². The third kappa shape index (κ3) is 5.54. The highest BCUT2D eigenvalue weighted by Crippen LogP contribution is 2.17. The normalized spacial score (nSPS) is 15.0. The van der Waals surface area contributed by atoms with Crippen molar-refractivity contribution >= 4 is 12.1 Å². The number of para-hydroxylation sites is 1. The molecule has 0 atom stereocenters. The Morgan fingerprint density at radius 3 is 2.50 bits per heavy atom. The molecule has 1 aromatic carbocycles. The number of nitrogens with one attached hydrogen (secondary N) is 1. The van der Waals surface area contributed by atoms with E-state index in [4.69, 9.17) is 14.5 Å². The molecule has 1 fully saturated rings. The van der Waals surface area contributed by atoms with Crippen molar-refractivity contribution in [1.29, 1.82) is 0 Å². The zero-order valence-electron chi connectivity index (χ0n) is 16.0. The summed E-state index contributed by atoms with van der Waals surface area (Å²) in [5.41, 5.74) is 1.15. The minimum Gasteiger partial charge on any atom is -0.496 e. The molecule has 7 heteroatoms. The Bertz CT molecular complexity index is 598. The van der Waals surface area contributed by atoms with Crippen molar-refractivity contribution in [2.75, 3.05) is 53.0 Å². The Balaban J connectivity index is 1.92. The van der Waals surface area contributed by atoms with E-state index in [9.17, 15) is 4.79 Å². The first-order chi connectivity index (χ1) is 12.7. The van der Waals surface area contributed by atoms with E-state index in [1.54, 1.807) is 12.0 Å². The largest absolute Gasteiger partial charge is 0.496 e. The number of piperazine rings is 1. The van der Waals surface area contributed by atoms with Crippen LogP contribution in [0.3, 0.4) is 0 Å². The van der Waals surface area contributed by atoms with Crippen LogP contribution in [-0.4, -0.2) is 74.8 Å². The van der Waals surface area contributed by atoms with Crippen molar-refractivity contribution < 1.29 is 14.3 Å². The molecule has 1 aliphatic rings. The van der Waals surface area contributed by atoms with Gasteiger partial charge in [0.15, 0.2) is 5.96 Å². The molecule has 1 heterocycles. The van der Waals surface area contributed by atoms with E-state index in [0.29, 0.717) is 26.2 Å². The predicted molar refractivity (Wildman–Crippen MR) is 103 cm³/mol. The van der Waals surface area contributed by atoms with E-state index in [2.05, 4.69) is 23.2 Å². The molecule has 1 aliphatic heterocycles. The van der Waals surface area contributed by atoms with Gasteiger partial charge in [0.25, 0.3) is 0 Å². The molecule has 1 N–H and O–H groups in total. The van der Waals surface area contributed by atoms with Crippen LogP contribution in [0.25, 0.3) is 0 Å². The molecule has 26 heavy (non-hydrogen) atoms. The van der Waals surface area contributed by atoms with Gasteiger partial charge < -0.3 is 24.6 Å². The quantitative estimate of drug-likeness (QED) is 0.619. The lowest BCUT2D eigenvalue weighted by molar-refractivity contribution is 0.0914. The number of nitrogens with zero attached hydrogens (tertiary/aromatic N) is 3. The van der Waals surface area contributed by atoms with Gasteiger partial charge in [0.05, 0.1) is 13.7 Å². The Morgan fingerprint density at radius 2 is 1.85 bits per heavy atom. The monoisotopic (exact) mass is 362 g/mol. The summed E-state index contributed by atoms with van der Waals surface area (Å²) in [5, 5.41) is 3.35. The van der Waals surface area contributed by atoms with E-state index < -0.39 is 0 Å². The van der Waals surface area contributed by atoms with E-state index in [1.807, 2.05) is 25.1 Å². The number of methoxy groups -OCH3 is 1. The summed E-state index contributed by atoms with van der Waals surface area (Å²) in [6.07, 6.45) is 0.590. The van der Waals surface area contributed by atoms with Gasteiger partial charge in [-0.1, -0.05) is 18.2 Å². The number of guanidine groups is 1. The van der Waals surface area contributed by atoms with E-state index in [1.165, 1.54) is 0 Å². The minimum atomic E-state index is -0.231. The zero-order valence-corrected chi connectivity index (χ0v) is 16.0. The van der Waals surface area contributed by atoms with Crippen molar-refractivity contribution in [3.63, 3.8) is 0 Å². The summed E-state index contributed by atoms with van der Waals surface area (Å²) < 4.78 is 10.5. The minimum absolute atomic E-state index is 0.231. The number of rotatable bonds is 6. The molecule has 144 valence electrons. The van der Waals surface area contributed by atoms with E-state index in [-0.39, 0.29) is 6.09 Å². The van der Waals surface area contributed by atoms with E-state index >= 15 is 0 Å². The van der Waals surface area contributed by atoms with E-state index in [0.717, 1.165) is 43.3 Å². The molecule has 1 amide bonds. The topological polar surface area (TPSA) is 66.4 Å². The van der Waals surface area contributed by atoms with Crippen molar-refractivity contribution in [3.05, 3.63) is 29.8 Å².